The van der Waals surface area contributed by atoms with E-state index in [1.54, 1.807) is 12.7 Å². The highest BCUT2D eigenvalue weighted by Gasteiger charge is 2.35. The van der Waals surface area contributed by atoms with Crippen molar-refractivity contribution in [2.75, 3.05) is 5.32 Å². The molecule has 0 unspecified atom stereocenters. The molecular weight excluding hydrogens is 531 g/mol. The van der Waals surface area contributed by atoms with Crippen LogP contribution in [0.5, 0.6) is 0 Å². The molecule has 1 aliphatic carbocycles. The van der Waals surface area contributed by atoms with E-state index in [0.29, 0.717) is 53.1 Å². The number of aryl methyl sites for hydroxylation is 1. The van der Waals surface area contributed by atoms with Crippen LogP contribution in [0.25, 0.3) is 33.8 Å². The highest BCUT2D eigenvalue weighted by Crippen LogP contribution is 2.43. The van der Waals surface area contributed by atoms with Crippen LogP contribution in [-0.4, -0.2) is 39.7 Å². The molecule has 1 fully saturated rings. The first-order valence-corrected chi connectivity index (χ1v) is 13.7. The lowest BCUT2D eigenvalue weighted by Crippen LogP contribution is -2.11. The van der Waals surface area contributed by atoms with Crippen molar-refractivity contribution in [1.29, 1.82) is 0 Å². The summed E-state index contributed by atoms with van der Waals surface area (Å²) in [4.78, 5) is 26.2. The van der Waals surface area contributed by atoms with E-state index in [-0.39, 0.29) is 5.92 Å². The number of halogens is 3. The second-order valence-electron chi connectivity index (χ2n) is 10.7. The molecule has 5 aromatic rings. The maximum Gasteiger partial charge on any atom is 0.435 e. The lowest BCUT2D eigenvalue weighted by atomic mass is 10.1. The summed E-state index contributed by atoms with van der Waals surface area (Å²) in [5, 5.41) is 7.23. The third-order valence-corrected chi connectivity index (χ3v) is 7.08. The fourth-order valence-corrected chi connectivity index (χ4v) is 4.94. The zero-order valence-corrected chi connectivity index (χ0v) is 23.0. The Balaban J connectivity index is 1.28. The van der Waals surface area contributed by atoms with Gasteiger partial charge in [-0.05, 0) is 42.4 Å². The smallest absolute Gasteiger partial charge is 0.364 e. The van der Waals surface area contributed by atoms with Gasteiger partial charge >= 0.3 is 6.18 Å². The maximum atomic E-state index is 13.4. The second kappa shape index (κ2) is 10.6. The summed E-state index contributed by atoms with van der Waals surface area (Å²) in [5.74, 6) is 1.69. The number of fused-ring (bicyclic) bond motifs is 1. The largest absolute Gasteiger partial charge is 0.435 e. The van der Waals surface area contributed by atoms with Crippen molar-refractivity contribution in [3.8, 4) is 22.6 Å². The van der Waals surface area contributed by atoms with E-state index < -0.39 is 11.9 Å². The molecule has 9 nitrogen and oxygen atoms in total. The molecule has 6 rings (SSSR count). The van der Waals surface area contributed by atoms with E-state index in [1.807, 2.05) is 38.1 Å². The third-order valence-electron chi connectivity index (χ3n) is 7.08. The fourth-order valence-electron chi connectivity index (χ4n) is 4.94. The number of hydrogen-bond donors (Lipinski definition) is 2. The van der Waals surface area contributed by atoms with E-state index in [0.717, 1.165) is 47.8 Å². The molecule has 0 spiro atoms. The first kappa shape index (κ1) is 26.9. The van der Waals surface area contributed by atoms with Crippen LogP contribution >= 0.6 is 0 Å². The number of nitrogens with one attached hydrogen (secondary N) is 2. The minimum Gasteiger partial charge on any atom is -0.364 e. The van der Waals surface area contributed by atoms with Crippen molar-refractivity contribution >= 4 is 17.0 Å². The molecule has 2 N–H and O–H groups in total. The van der Waals surface area contributed by atoms with Gasteiger partial charge in [-0.2, -0.15) is 18.3 Å². The molecule has 4 aromatic heterocycles. The zero-order valence-electron chi connectivity index (χ0n) is 23.0. The minimum atomic E-state index is -4.50. The number of rotatable bonds is 9. The number of anilines is 1. The zero-order chi connectivity index (χ0) is 28.7. The normalized spacial score (nSPS) is 13.8. The van der Waals surface area contributed by atoms with Crippen LogP contribution in [-0.2, 0) is 25.7 Å². The van der Waals surface area contributed by atoms with Crippen LogP contribution in [0.1, 0.15) is 62.2 Å². The van der Waals surface area contributed by atoms with Gasteiger partial charge in [0.1, 0.15) is 11.8 Å². The van der Waals surface area contributed by atoms with Crippen molar-refractivity contribution in [3.05, 3.63) is 65.6 Å². The highest BCUT2D eigenvalue weighted by molar-refractivity contribution is 5.85. The Hall–Kier alpha value is -4.35. The molecule has 0 radical (unpaired) electrons. The van der Waals surface area contributed by atoms with E-state index in [1.165, 1.54) is 4.68 Å². The standard InChI is InChI=1S/C29H30F3N9/c1-4-20-23(24(19-9-10-19)35-14-34-20)26-38-27(25-28(39-26)37-15-36-25)33-12-17-5-7-18(8-6-17)21-11-22(29(30,31)32)40-41(21)13-16(2)3/h5-8,11,14-16,19H,4,9-10,12-13H2,1-3H3,(H2,33,36,37,38,39). The molecule has 12 heteroatoms. The number of imidazole rings is 1. The molecule has 0 bridgehead atoms. The van der Waals surface area contributed by atoms with Crippen LogP contribution in [0.15, 0.2) is 43.0 Å². The molecule has 0 aliphatic heterocycles. The van der Waals surface area contributed by atoms with Crippen LogP contribution in [0.3, 0.4) is 0 Å². The number of nitrogens with zero attached hydrogens (tertiary/aromatic N) is 7. The van der Waals surface area contributed by atoms with Gasteiger partial charge in [0.25, 0.3) is 0 Å². The molecule has 1 aliphatic rings. The summed E-state index contributed by atoms with van der Waals surface area (Å²) < 4.78 is 41.6. The lowest BCUT2D eigenvalue weighted by molar-refractivity contribution is -0.141. The lowest BCUT2D eigenvalue weighted by Gasteiger charge is -2.13. The maximum absolute atomic E-state index is 13.4. The Morgan fingerprint density at radius 2 is 1.85 bits per heavy atom. The fraction of sp³-hybridized carbons (Fsp3) is 0.379. The van der Waals surface area contributed by atoms with E-state index >= 15 is 0 Å². The number of aromatic nitrogens is 8. The average molecular weight is 562 g/mol. The van der Waals surface area contributed by atoms with E-state index in [2.05, 4.69) is 37.3 Å². The summed E-state index contributed by atoms with van der Waals surface area (Å²) in [6.07, 6.45) is 1.62. The predicted molar refractivity (Wildman–Crippen MR) is 149 cm³/mol. The second-order valence-corrected chi connectivity index (χ2v) is 10.7. The van der Waals surface area contributed by atoms with Gasteiger partial charge < -0.3 is 10.3 Å². The molecule has 0 amide bonds. The molecule has 41 heavy (non-hydrogen) atoms. The summed E-state index contributed by atoms with van der Waals surface area (Å²) in [6, 6.07) is 8.53. The first-order chi connectivity index (χ1) is 19.7. The number of benzene rings is 1. The van der Waals surface area contributed by atoms with Gasteiger partial charge in [0.15, 0.2) is 23.0 Å². The highest BCUT2D eigenvalue weighted by atomic mass is 19.4. The molecule has 212 valence electrons. The summed E-state index contributed by atoms with van der Waals surface area (Å²) in [6.45, 7) is 6.77. The number of H-pyrrole nitrogens is 1. The quantitative estimate of drug-likeness (QED) is 0.214. The SMILES string of the molecule is CCc1ncnc(C2CC2)c1-c1nc(NCc2ccc(-c3cc(C(F)(F)F)nn3CC(C)C)cc2)c2[nH]cnc2n1. The van der Waals surface area contributed by atoms with Gasteiger partial charge in [0, 0.05) is 19.0 Å². The van der Waals surface area contributed by atoms with E-state index in [9.17, 15) is 13.2 Å². The van der Waals surface area contributed by atoms with Crippen molar-refractivity contribution in [1.82, 2.24) is 39.7 Å². The molecule has 0 saturated heterocycles. The Morgan fingerprint density at radius 3 is 2.54 bits per heavy atom. The topological polar surface area (TPSA) is 110 Å². The Bertz CT molecular complexity index is 1680. The summed E-state index contributed by atoms with van der Waals surface area (Å²) >= 11 is 0. The first-order valence-electron chi connectivity index (χ1n) is 13.7. The monoisotopic (exact) mass is 561 g/mol. The third kappa shape index (κ3) is 5.50. The van der Waals surface area contributed by atoms with Gasteiger partial charge in [-0.3, -0.25) is 4.68 Å². The summed E-state index contributed by atoms with van der Waals surface area (Å²) in [7, 11) is 0. The van der Waals surface area contributed by atoms with Crippen molar-refractivity contribution < 1.29 is 13.2 Å². The van der Waals surface area contributed by atoms with Crippen LogP contribution < -0.4 is 5.32 Å². The number of hydrogen-bond acceptors (Lipinski definition) is 7. The van der Waals surface area contributed by atoms with Gasteiger partial charge in [-0.15, -0.1) is 0 Å². The summed E-state index contributed by atoms with van der Waals surface area (Å²) in [5.41, 5.74) is 5.15. The van der Waals surface area contributed by atoms with Crippen molar-refractivity contribution in [3.63, 3.8) is 0 Å². The van der Waals surface area contributed by atoms with Gasteiger partial charge in [-0.1, -0.05) is 45.0 Å². The van der Waals surface area contributed by atoms with Crippen molar-refractivity contribution in [2.24, 2.45) is 5.92 Å². The van der Waals surface area contributed by atoms with Crippen molar-refractivity contribution in [2.45, 2.75) is 65.2 Å². The Morgan fingerprint density at radius 1 is 1.07 bits per heavy atom. The van der Waals surface area contributed by atoms with Gasteiger partial charge in [-0.25, -0.2) is 24.9 Å². The number of aromatic amines is 1. The predicted octanol–water partition coefficient (Wildman–Crippen LogP) is 6.40. The van der Waals surface area contributed by atoms with Gasteiger partial charge in [0.05, 0.1) is 29.0 Å². The molecule has 0 atom stereocenters. The molecule has 4 heterocycles. The Kier molecular flexibility index (Phi) is 6.92. The average Bonchev–Trinajstić information content (AvgIpc) is 3.53. The van der Waals surface area contributed by atoms with E-state index in [4.69, 9.17) is 9.97 Å². The van der Waals surface area contributed by atoms with Crippen LogP contribution in [0.2, 0.25) is 0 Å². The minimum absolute atomic E-state index is 0.145. The number of alkyl halides is 3. The molecule has 1 aromatic carbocycles. The Labute approximate surface area is 234 Å². The van der Waals surface area contributed by atoms with Gasteiger partial charge in [0.2, 0.25) is 0 Å². The van der Waals surface area contributed by atoms with Crippen LogP contribution in [0.4, 0.5) is 19.0 Å². The van der Waals surface area contributed by atoms with Crippen LogP contribution in [0, 0.1) is 5.92 Å². The molecule has 1 saturated carbocycles. The molecular formula is C29H30F3N9.